The van der Waals surface area contributed by atoms with Gasteiger partial charge in [-0.15, -0.1) is 0 Å². The van der Waals surface area contributed by atoms with E-state index in [-0.39, 0.29) is 24.3 Å². The molecule has 0 unspecified atom stereocenters. The summed E-state index contributed by atoms with van der Waals surface area (Å²) in [5, 5.41) is 0.395. The topological polar surface area (TPSA) is 84.0 Å². The van der Waals surface area contributed by atoms with Gasteiger partial charge in [0.05, 0.1) is 24.5 Å². The molecule has 1 aliphatic heterocycles. The van der Waals surface area contributed by atoms with Gasteiger partial charge < -0.3 is 9.64 Å². The number of anilines is 1. The quantitative estimate of drug-likeness (QED) is 0.664. The molecule has 0 bridgehead atoms. The Morgan fingerprint density at radius 1 is 1.30 bits per heavy atom. The van der Waals surface area contributed by atoms with Gasteiger partial charge in [-0.05, 0) is 44.4 Å². The van der Waals surface area contributed by atoms with Crippen LogP contribution >= 0.6 is 11.6 Å². The molecule has 0 aromatic heterocycles. The summed E-state index contributed by atoms with van der Waals surface area (Å²) in [6.07, 6.45) is 2.09. The van der Waals surface area contributed by atoms with E-state index in [1.54, 1.807) is 30.9 Å². The molecule has 0 radical (unpaired) electrons. The van der Waals surface area contributed by atoms with Crippen LogP contribution in [0.2, 0.25) is 5.02 Å². The standard InChI is InChI=1S/C18H25ClN2O5S/c1-4-26-18(23)14-7-9-20(10-8-14)17(22)12-21(27(3,24)25)16-11-15(19)6-5-13(16)2/h5-6,11,14H,4,7-10,12H2,1-3H3. The lowest BCUT2D eigenvalue weighted by atomic mass is 9.97. The number of rotatable bonds is 6. The molecule has 150 valence electrons. The van der Waals surface area contributed by atoms with Crippen molar-refractivity contribution in [2.45, 2.75) is 26.7 Å². The zero-order valence-electron chi connectivity index (χ0n) is 15.8. The highest BCUT2D eigenvalue weighted by Crippen LogP contribution is 2.27. The predicted octanol–water partition coefficient (Wildman–Crippen LogP) is 2.22. The lowest BCUT2D eigenvalue weighted by molar-refractivity contribution is -0.151. The van der Waals surface area contributed by atoms with E-state index in [4.69, 9.17) is 16.3 Å². The van der Waals surface area contributed by atoms with Crippen LogP contribution in [-0.2, 0) is 24.3 Å². The number of hydrogen-bond donors (Lipinski definition) is 0. The minimum Gasteiger partial charge on any atom is -0.466 e. The van der Waals surface area contributed by atoms with Gasteiger partial charge in [0.15, 0.2) is 0 Å². The SMILES string of the molecule is CCOC(=O)C1CCN(C(=O)CN(c2cc(Cl)ccc2C)S(C)(=O)=O)CC1. The number of ether oxygens (including phenoxy) is 1. The number of likely N-dealkylation sites (tertiary alicyclic amines) is 1. The van der Waals surface area contributed by atoms with Gasteiger partial charge in [0.2, 0.25) is 15.9 Å². The number of halogens is 1. The normalized spacial score (nSPS) is 15.5. The smallest absolute Gasteiger partial charge is 0.309 e. The van der Waals surface area contributed by atoms with Gasteiger partial charge in [0, 0.05) is 18.1 Å². The van der Waals surface area contributed by atoms with Crippen LogP contribution in [0, 0.1) is 12.8 Å². The molecule has 0 saturated carbocycles. The first kappa shape index (κ1) is 21.5. The van der Waals surface area contributed by atoms with Crippen molar-refractivity contribution in [2.24, 2.45) is 5.92 Å². The Morgan fingerprint density at radius 3 is 2.48 bits per heavy atom. The maximum Gasteiger partial charge on any atom is 0.309 e. The largest absolute Gasteiger partial charge is 0.466 e. The van der Waals surface area contributed by atoms with Crippen LogP contribution in [0.4, 0.5) is 5.69 Å². The fraction of sp³-hybridized carbons (Fsp3) is 0.556. The van der Waals surface area contributed by atoms with E-state index in [2.05, 4.69) is 0 Å². The Kier molecular flexibility index (Phi) is 7.11. The molecule has 0 N–H and O–H groups in total. The van der Waals surface area contributed by atoms with Gasteiger partial charge in [-0.3, -0.25) is 13.9 Å². The minimum atomic E-state index is -3.67. The number of sulfonamides is 1. The third-order valence-electron chi connectivity index (χ3n) is 4.59. The number of amides is 1. The molecule has 0 aliphatic carbocycles. The van der Waals surface area contributed by atoms with Crippen molar-refractivity contribution in [3.63, 3.8) is 0 Å². The number of aryl methyl sites for hydroxylation is 1. The van der Waals surface area contributed by atoms with Crippen LogP contribution in [0.25, 0.3) is 0 Å². The second-order valence-electron chi connectivity index (χ2n) is 6.61. The highest BCUT2D eigenvalue weighted by atomic mass is 35.5. The first-order chi connectivity index (χ1) is 12.6. The molecule has 9 heteroatoms. The van der Waals surface area contributed by atoms with Crippen molar-refractivity contribution in [3.05, 3.63) is 28.8 Å². The zero-order valence-corrected chi connectivity index (χ0v) is 17.3. The molecular weight excluding hydrogens is 392 g/mol. The third-order valence-corrected chi connectivity index (χ3v) is 5.95. The molecule has 1 saturated heterocycles. The first-order valence-electron chi connectivity index (χ1n) is 8.81. The summed E-state index contributed by atoms with van der Waals surface area (Å²) >= 11 is 6.01. The van der Waals surface area contributed by atoms with Gasteiger partial charge in [-0.2, -0.15) is 0 Å². The fourth-order valence-electron chi connectivity index (χ4n) is 3.08. The summed E-state index contributed by atoms with van der Waals surface area (Å²) in [6, 6.07) is 4.92. The minimum absolute atomic E-state index is 0.213. The monoisotopic (exact) mass is 416 g/mol. The van der Waals surface area contributed by atoms with Gasteiger partial charge >= 0.3 is 5.97 Å². The number of piperidine rings is 1. The van der Waals surface area contributed by atoms with Crippen molar-refractivity contribution in [1.82, 2.24) is 4.90 Å². The van der Waals surface area contributed by atoms with E-state index >= 15 is 0 Å². The summed E-state index contributed by atoms with van der Waals surface area (Å²) in [4.78, 5) is 26.1. The predicted molar refractivity (Wildman–Crippen MR) is 104 cm³/mol. The summed E-state index contributed by atoms with van der Waals surface area (Å²) in [5.74, 6) is -0.755. The van der Waals surface area contributed by atoms with Crippen molar-refractivity contribution < 1.29 is 22.7 Å². The van der Waals surface area contributed by atoms with Crippen LogP contribution in [-0.4, -0.2) is 57.7 Å². The summed E-state index contributed by atoms with van der Waals surface area (Å²) < 4.78 is 30.7. The molecule has 1 heterocycles. The van der Waals surface area contributed by atoms with E-state index < -0.39 is 10.0 Å². The molecule has 0 atom stereocenters. The van der Waals surface area contributed by atoms with E-state index in [1.165, 1.54) is 6.07 Å². The maximum atomic E-state index is 12.7. The van der Waals surface area contributed by atoms with Gasteiger partial charge in [-0.1, -0.05) is 17.7 Å². The lowest BCUT2D eigenvalue weighted by Gasteiger charge is -2.33. The molecule has 1 fully saturated rings. The molecule has 0 spiro atoms. The fourth-order valence-corrected chi connectivity index (χ4v) is 4.15. The zero-order chi connectivity index (χ0) is 20.2. The van der Waals surface area contributed by atoms with Crippen molar-refractivity contribution in [1.29, 1.82) is 0 Å². The second-order valence-corrected chi connectivity index (χ2v) is 8.95. The third kappa shape index (κ3) is 5.59. The van der Waals surface area contributed by atoms with Crippen molar-refractivity contribution in [2.75, 3.05) is 36.8 Å². The number of esters is 1. The Morgan fingerprint density at radius 2 is 1.93 bits per heavy atom. The van der Waals surface area contributed by atoms with E-state index in [0.29, 0.717) is 48.8 Å². The number of benzene rings is 1. The Balaban J connectivity index is 2.10. The first-order valence-corrected chi connectivity index (χ1v) is 11.0. The molecule has 7 nitrogen and oxygen atoms in total. The highest BCUT2D eigenvalue weighted by molar-refractivity contribution is 7.92. The van der Waals surface area contributed by atoms with Gasteiger partial charge in [0.1, 0.15) is 6.54 Å². The molecular formula is C18H25ClN2O5S. The molecule has 1 aromatic carbocycles. The molecule has 1 aliphatic rings. The van der Waals surface area contributed by atoms with Crippen LogP contribution in [0.15, 0.2) is 18.2 Å². The maximum absolute atomic E-state index is 12.7. The van der Waals surface area contributed by atoms with Crippen molar-refractivity contribution >= 4 is 39.2 Å². The van der Waals surface area contributed by atoms with E-state index in [9.17, 15) is 18.0 Å². The molecule has 2 rings (SSSR count). The molecule has 27 heavy (non-hydrogen) atoms. The highest BCUT2D eigenvalue weighted by Gasteiger charge is 2.30. The lowest BCUT2D eigenvalue weighted by Crippen LogP contribution is -2.46. The summed E-state index contributed by atoms with van der Waals surface area (Å²) in [7, 11) is -3.67. The van der Waals surface area contributed by atoms with E-state index in [0.717, 1.165) is 10.6 Å². The van der Waals surface area contributed by atoms with Gasteiger partial charge in [0.25, 0.3) is 0 Å². The summed E-state index contributed by atoms with van der Waals surface area (Å²) in [5.41, 5.74) is 1.10. The number of hydrogen-bond acceptors (Lipinski definition) is 5. The van der Waals surface area contributed by atoms with Crippen molar-refractivity contribution in [3.8, 4) is 0 Å². The Hall–Kier alpha value is -1.80. The van der Waals surface area contributed by atoms with Crippen LogP contribution in [0.3, 0.4) is 0 Å². The van der Waals surface area contributed by atoms with Crippen LogP contribution in [0.1, 0.15) is 25.3 Å². The number of carbonyl (C=O) groups excluding carboxylic acids is 2. The average Bonchev–Trinajstić information content (AvgIpc) is 2.61. The Labute approximate surface area is 165 Å². The Bertz CT molecular complexity index is 804. The van der Waals surface area contributed by atoms with E-state index in [1.807, 2.05) is 0 Å². The summed E-state index contributed by atoms with van der Waals surface area (Å²) in [6.45, 7) is 4.35. The number of nitrogens with zero attached hydrogens (tertiary/aromatic N) is 2. The van der Waals surface area contributed by atoms with Crippen LogP contribution in [0.5, 0.6) is 0 Å². The second kappa shape index (κ2) is 8.93. The van der Waals surface area contributed by atoms with Crippen LogP contribution < -0.4 is 4.31 Å². The number of carbonyl (C=O) groups is 2. The molecule has 1 aromatic rings. The average molecular weight is 417 g/mol. The molecule has 1 amide bonds. The van der Waals surface area contributed by atoms with Gasteiger partial charge in [-0.25, -0.2) is 8.42 Å².